The molecule has 0 rings (SSSR count). The van der Waals surface area contributed by atoms with Gasteiger partial charge in [0.2, 0.25) is 0 Å². The van der Waals surface area contributed by atoms with Crippen LogP contribution in [0.4, 0.5) is 0 Å². The van der Waals surface area contributed by atoms with Gasteiger partial charge >= 0.3 is 0 Å². The van der Waals surface area contributed by atoms with Gasteiger partial charge < -0.3 is 5.11 Å². The Hall–Kier alpha value is -0.0400. The number of aliphatic hydroxyl groups excluding tert-OH is 1. The van der Waals surface area contributed by atoms with Crippen LogP contribution < -0.4 is 0 Å². The molecular formula is C13H28O. The molecule has 1 heteroatoms. The van der Waals surface area contributed by atoms with Gasteiger partial charge in [-0.15, -0.1) is 0 Å². The highest BCUT2D eigenvalue weighted by molar-refractivity contribution is 4.69. The molecule has 0 saturated heterocycles. The normalized spacial score (nSPS) is 20.6. The second kappa shape index (κ2) is 6.44. The van der Waals surface area contributed by atoms with Gasteiger partial charge in [-0.1, -0.05) is 34.6 Å². The first-order valence-corrected chi connectivity index (χ1v) is 6.02. The molecule has 0 amide bonds. The van der Waals surface area contributed by atoms with E-state index in [1.165, 1.54) is 6.42 Å². The molecule has 0 heterocycles. The number of hydrogen-bond donors (Lipinski definition) is 1. The molecule has 1 N–H and O–H groups in total. The standard InChI is InChI=1S/C13H28O/c1-9(2)13(6)11(4)7-10(3)8-12(5)14/h9-14H,7-8H2,1-6H3. The third kappa shape index (κ3) is 5.64. The first kappa shape index (κ1) is 14.0. The molecule has 0 saturated carbocycles. The zero-order valence-corrected chi connectivity index (χ0v) is 10.7. The average Bonchev–Trinajstić information content (AvgIpc) is 2.00. The summed E-state index contributed by atoms with van der Waals surface area (Å²) in [5, 5.41) is 9.28. The van der Waals surface area contributed by atoms with Gasteiger partial charge in [-0.05, 0) is 43.4 Å². The van der Waals surface area contributed by atoms with Crippen LogP contribution in [0, 0.1) is 23.7 Å². The lowest BCUT2D eigenvalue weighted by molar-refractivity contribution is 0.148. The fraction of sp³-hybridized carbons (Fsp3) is 1.00. The first-order valence-electron chi connectivity index (χ1n) is 6.02. The molecule has 14 heavy (non-hydrogen) atoms. The topological polar surface area (TPSA) is 20.2 Å². The molecule has 4 unspecified atom stereocenters. The summed E-state index contributed by atoms with van der Waals surface area (Å²) < 4.78 is 0. The van der Waals surface area contributed by atoms with E-state index in [2.05, 4.69) is 34.6 Å². The van der Waals surface area contributed by atoms with Crippen LogP contribution in [0.25, 0.3) is 0 Å². The maximum Gasteiger partial charge on any atom is 0.0514 e. The number of hydrogen-bond acceptors (Lipinski definition) is 1. The summed E-state index contributed by atoms with van der Waals surface area (Å²) in [7, 11) is 0. The maximum absolute atomic E-state index is 9.28. The molecule has 0 aromatic carbocycles. The second-order valence-corrected chi connectivity index (χ2v) is 5.51. The highest BCUT2D eigenvalue weighted by atomic mass is 16.3. The minimum absolute atomic E-state index is 0.147. The van der Waals surface area contributed by atoms with Gasteiger partial charge in [0, 0.05) is 0 Å². The minimum Gasteiger partial charge on any atom is -0.393 e. The van der Waals surface area contributed by atoms with Crippen molar-refractivity contribution < 1.29 is 5.11 Å². The Morgan fingerprint density at radius 2 is 1.36 bits per heavy atom. The van der Waals surface area contributed by atoms with Crippen molar-refractivity contribution in [3.63, 3.8) is 0 Å². The summed E-state index contributed by atoms with van der Waals surface area (Å²) in [6.07, 6.45) is 2.03. The van der Waals surface area contributed by atoms with Gasteiger partial charge in [0.05, 0.1) is 6.10 Å². The van der Waals surface area contributed by atoms with Crippen molar-refractivity contribution >= 4 is 0 Å². The Kier molecular flexibility index (Phi) is 6.43. The first-order chi connectivity index (χ1) is 6.34. The summed E-state index contributed by atoms with van der Waals surface area (Å²) in [5.74, 6) is 2.96. The van der Waals surface area contributed by atoms with Crippen molar-refractivity contribution in [2.45, 2.75) is 60.5 Å². The Morgan fingerprint density at radius 3 is 1.71 bits per heavy atom. The predicted octanol–water partition coefficient (Wildman–Crippen LogP) is 3.71. The number of rotatable bonds is 6. The van der Waals surface area contributed by atoms with Gasteiger partial charge in [0.15, 0.2) is 0 Å². The SMILES string of the molecule is CC(O)CC(C)CC(C)C(C)C(C)C. The molecule has 0 spiro atoms. The van der Waals surface area contributed by atoms with E-state index < -0.39 is 0 Å². The molecule has 4 atom stereocenters. The van der Waals surface area contributed by atoms with Gasteiger partial charge in [-0.3, -0.25) is 0 Å². The molecule has 0 radical (unpaired) electrons. The fourth-order valence-electron chi connectivity index (χ4n) is 2.18. The molecule has 1 nitrogen and oxygen atoms in total. The van der Waals surface area contributed by atoms with Crippen molar-refractivity contribution in [2.24, 2.45) is 23.7 Å². The monoisotopic (exact) mass is 200 g/mol. The molecule has 0 aromatic heterocycles. The van der Waals surface area contributed by atoms with Crippen LogP contribution in [-0.4, -0.2) is 11.2 Å². The van der Waals surface area contributed by atoms with E-state index >= 15 is 0 Å². The van der Waals surface area contributed by atoms with Crippen molar-refractivity contribution in [1.29, 1.82) is 0 Å². The summed E-state index contributed by atoms with van der Waals surface area (Å²) in [4.78, 5) is 0. The molecule has 0 aliphatic carbocycles. The van der Waals surface area contributed by atoms with E-state index in [0.717, 1.165) is 24.2 Å². The minimum atomic E-state index is -0.147. The molecule has 0 aromatic rings. The Bertz CT molecular complexity index is 140. The lowest BCUT2D eigenvalue weighted by atomic mass is 9.80. The van der Waals surface area contributed by atoms with Crippen LogP contribution in [0.1, 0.15) is 54.4 Å². The smallest absolute Gasteiger partial charge is 0.0514 e. The Morgan fingerprint density at radius 1 is 0.857 bits per heavy atom. The largest absolute Gasteiger partial charge is 0.393 e. The Balaban J connectivity index is 3.86. The zero-order valence-electron chi connectivity index (χ0n) is 10.7. The fourth-order valence-corrected chi connectivity index (χ4v) is 2.18. The predicted molar refractivity (Wildman–Crippen MR) is 63.2 cm³/mol. The van der Waals surface area contributed by atoms with Gasteiger partial charge in [-0.25, -0.2) is 0 Å². The summed E-state index contributed by atoms with van der Waals surface area (Å²) in [6.45, 7) is 13.4. The second-order valence-electron chi connectivity index (χ2n) is 5.51. The maximum atomic E-state index is 9.28. The third-order valence-electron chi connectivity index (χ3n) is 3.47. The van der Waals surface area contributed by atoms with Gasteiger partial charge in [-0.2, -0.15) is 0 Å². The van der Waals surface area contributed by atoms with Crippen LogP contribution in [0.3, 0.4) is 0 Å². The molecule has 0 bridgehead atoms. The lowest BCUT2D eigenvalue weighted by Crippen LogP contribution is -2.18. The van der Waals surface area contributed by atoms with Gasteiger partial charge in [0.25, 0.3) is 0 Å². The Labute approximate surface area is 89.9 Å². The molecule has 0 aliphatic heterocycles. The van der Waals surface area contributed by atoms with E-state index in [0.29, 0.717) is 5.92 Å². The lowest BCUT2D eigenvalue weighted by Gasteiger charge is -2.26. The molecular weight excluding hydrogens is 172 g/mol. The number of aliphatic hydroxyl groups is 1. The highest BCUT2D eigenvalue weighted by Gasteiger charge is 2.18. The molecule has 0 aliphatic rings. The van der Waals surface area contributed by atoms with Crippen molar-refractivity contribution in [1.82, 2.24) is 0 Å². The summed E-state index contributed by atoms with van der Waals surface area (Å²) in [6, 6.07) is 0. The summed E-state index contributed by atoms with van der Waals surface area (Å²) in [5.41, 5.74) is 0. The van der Waals surface area contributed by atoms with Crippen LogP contribution in [0.2, 0.25) is 0 Å². The average molecular weight is 200 g/mol. The van der Waals surface area contributed by atoms with Crippen LogP contribution in [0.5, 0.6) is 0 Å². The van der Waals surface area contributed by atoms with Crippen LogP contribution in [0.15, 0.2) is 0 Å². The summed E-state index contributed by atoms with van der Waals surface area (Å²) >= 11 is 0. The van der Waals surface area contributed by atoms with E-state index in [1.807, 2.05) is 6.92 Å². The van der Waals surface area contributed by atoms with Crippen molar-refractivity contribution in [3.8, 4) is 0 Å². The zero-order chi connectivity index (χ0) is 11.3. The highest BCUT2D eigenvalue weighted by Crippen LogP contribution is 2.27. The molecule has 0 fully saturated rings. The van der Waals surface area contributed by atoms with E-state index in [4.69, 9.17) is 0 Å². The van der Waals surface area contributed by atoms with Crippen LogP contribution >= 0.6 is 0 Å². The van der Waals surface area contributed by atoms with Crippen molar-refractivity contribution in [3.05, 3.63) is 0 Å². The third-order valence-corrected chi connectivity index (χ3v) is 3.47. The van der Waals surface area contributed by atoms with Gasteiger partial charge in [0.1, 0.15) is 0 Å². The quantitative estimate of drug-likeness (QED) is 0.693. The van der Waals surface area contributed by atoms with E-state index in [1.54, 1.807) is 0 Å². The van der Waals surface area contributed by atoms with Crippen molar-refractivity contribution in [2.75, 3.05) is 0 Å². The van der Waals surface area contributed by atoms with Crippen LogP contribution in [-0.2, 0) is 0 Å². The van der Waals surface area contributed by atoms with E-state index in [9.17, 15) is 5.11 Å². The van der Waals surface area contributed by atoms with E-state index in [-0.39, 0.29) is 6.10 Å². The molecule has 86 valence electrons.